The van der Waals surface area contributed by atoms with Crippen LogP contribution in [0, 0.1) is 11.6 Å². The molecule has 5 rings (SSSR count). The first-order chi connectivity index (χ1) is 17.4. The van der Waals surface area contributed by atoms with E-state index in [1.807, 2.05) is 30.3 Å². The van der Waals surface area contributed by atoms with Crippen molar-refractivity contribution in [2.75, 3.05) is 0 Å². The van der Waals surface area contributed by atoms with E-state index in [1.54, 1.807) is 41.0 Å². The predicted molar refractivity (Wildman–Crippen MR) is 138 cm³/mol. The summed E-state index contributed by atoms with van der Waals surface area (Å²) in [6.07, 6.45) is 0. The minimum atomic E-state index is -0.669. The molecule has 5 aromatic rings. The summed E-state index contributed by atoms with van der Waals surface area (Å²) in [6, 6.07) is 24.6. The lowest BCUT2D eigenvalue weighted by atomic mass is 9.99. The summed E-state index contributed by atoms with van der Waals surface area (Å²) in [5, 5.41) is -0.204. The van der Waals surface area contributed by atoms with Crippen LogP contribution in [0.3, 0.4) is 0 Å². The summed E-state index contributed by atoms with van der Waals surface area (Å²) in [4.78, 5) is 17.2. The van der Waals surface area contributed by atoms with Gasteiger partial charge in [-0.25, -0.2) is 13.8 Å². The fourth-order valence-corrected chi connectivity index (χ4v) is 4.45. The van der Waals surface area contributed by atoms with Gasteiger partial charge in [0, 0.05) is 22.3 Å². The molecule has 1 aromatic heterocycles. The van der Waals surface area contributed by atoms with E-state index in [0.29, 0.717) is 33.9 Å². The Kier molecular flexibility index (Phi) is 6.31. The van der Waals surface area contributed by atoms with E-state index in [-0.39, 0.29) is 21.3 Å². The number of benzene rings is 4. The molecule has 0 unspecified atom stereocenters. The van der Waals surface area contributed by atoms with Crippen LogP contribution in [0.15, 0.2) is 91.0 Å². The van der Waals surface area contributed by atoms with Gasteiger partial charge >= 0.3 is 0 Å². The molecular formula is C28H17Cl2F2N3O. The van der Waals surface area contributed by atoms with Gasteiger partial charge in [-0.15, -0.1) is 0 Å². The van der Waals surface area contributed by atoms with Crippen LogP contribution in [0.5, 0.6) is 0 Å². The Balaban J connectivity index is 1.97. The molecule has 2 N–H and O–H groups in total. The number of primary amides is 1. The first kappa shape index (κ1) is 23.7. The van der Waals surface area contributed by atoms with Crippen molar-refractivity contribution in [2.45, 2.75) is 0 Å². The van der Waals surface area contributed by atoms with Gasteiger partial charge in [0.05, 0.1) is 27.1 Å². The summed E-state index contributed by atoms with van der Waals surface area (Å²) in [5.74, 6) is -1.55. The third-order valence-corrected chi connectivity index (χ3v) is 6.30. The molecule has 1 heterocycles. The molecule has 8 heteroatoms. The van der Waals surface area contributed by atoms with Gasteiger partial charge < -0.3 is 5.73 Å². The zero-order chi connectivity index (χ0) is 25.4. The number of carbonyl (C=O) groups is 1. The van der Waals surface area contributed by atoms with Crippen molar-refractivity contribution in [1.29, 1.82) is 0 Å². The summed E-state index contributed by atoms with van der Waals surface area (Å²) in [7, 11) is 0. The van der Waals surface area contributed by atoms with Crippen molar-refractivity contribution < 1.29 is 13.6 Å². The van der Waals surface area contributed by atoms with Gasteiger partial charge in [0.1, 0.15) is 11.6 Å². The fraction of sp³-hybridized carbons (Fsp3) is 0. The largest absolute Gasteiger partial charge is 0.366 e. The Bertz CT molecular complexity index is 1620. The van der Waals surface area contributed by atoms with Crippen molar-refractivity contribution in [3.63, 3.8) is 0 Å². The van der Waals surface area contributed by atoms with Gasteiger partial charge in [0.25, 0.3) is 0 Å². The Hall–Kier alpha value is -4.00. The van der Waals surface area contributed by atoms with E-state index in [2.05, 4.69) is 0 Å². The average Bonchev–Trinajstić information content (AvgIpc) is 3.28. The molecule has 0 aliphatic rings. The number of carbonyl (C=O) groups excluding carboxylic acids is 1. The number of halogens is 4. The van der Waals surface area contributed by atoms with Crippen LogP contribution >= 0.6 is 23.2 Å². The SMILES string of the molecule is NC(=O)c1ccccc1-c1nc(-c2ccccc2)n(-c2cccc(Cl)c2F)c1-c1ccc(F)c(Cl)c1. The second-order valence-electron chi connectivity index (χ2n) is 7.95. The highest BCUT2D eigenvalue weighted by Gasteiger charge is 2.27. The van der Waals surface area contributed by atoms with Gasteiger partial charge in [-0.05, 0) is 36.4 Å². The second-order valence-corrected chi connectivity index (χ2v) is 8.76. The van der Waals surface area contributed by atoms with Crippen LogP contribution in [0.2, 0.25) is 10.0 Å². The quantitative estimate of drug-likeness (QED) is 0.260. The van der Waals surface area contributed by atoms with Crippen molar-refractivity contribution in [2.24, 2.45) is 5.73 Å². The summed E-state index contributed by atoms with van der Waals surface area (Å²) in [5.41, 5.74) is 8.29. The molecule has 0 saturated heterocycles. The Morgan fingerprint density at radius 2 is 1.53 bits per heavy atom. The molecule has 0 aliphatic carbocycles. The molecule has 0 spiro atoms. The highest BCUT2D eigenvalue weighted by atomic mass is 35.5. The predicted octanol–water partition coefficient (Wildman–Crippen LogP) is 7.56. The maximum atomic E-state index is 15.5. The van der Waals surface area contributed by atoms with Gasteiger partial charge in [0.2, 0.25) is 5.91 Å². The molecule has 0 radical (unpaired) electrons. The minimum absolute atomic E-state index is 0.0811. The Morgan fingerprint density at radius 3 is 2.25 bits per heavy atom. The first-order valence-electron chi connectivity index (χ1n) is 10.8. The molecule has 0 aliphatic heterocycles. The van der Waals surface area contributed by atoms with E-state index in [4.69, 9.17) is 33.9 Å². The number of nitrogens with zero attached hydrogens (tertiary/aromatic N) is 2. The molecular weight excluding hydrogens is 503 g/mol. The van der Waals surface area contributed by atoms with Crippen LogP contribution in [0.4, 0.5) is 8.78 Å². The molecule has 36 heavy (non-hydrogen) atoms. The van der Waals surface area contributed by atoms with E-state index in [9.17, 15) is 9.18 Å². The smallest absolute Gasteiger partial charge is 0.249 e. The normalized spacial score (nSPS) is 11.0. The number of imidazole rings is 1. The lowest BCUT2D eigenvalue weighted by Gasteiger charge is -2.15. The molecule has 4 aromatic carbocycles. The molecule has 0 saturated carbocycles. The lowest BCUT2D eigenvalue weighted by molar-refractivity contribution is 0.100. The summed E-state index contributed by atoms with van der Waals surface area (Å²) < 4.78 is 31.2. The fourth-order valence-electron chi connectivity index (χ4n) is 4.10. The molecule has 0 atom stereocenters. The standard InChI is InChI=1S/C28H17Cl2F2N3O/c29-20-11-6-12-23(24(20)32)35-26(17-13-14-22(31)21(30)15-17)25(18-9-4-5-10-19(18)27(33)36)34-28(35)16-7-2-1-3-8-16/h1-15H,(H2,33,36). The maximum Gasteiger partial charge on any atom is 0.249 e. The van der Waals surface area contributed by atoms with Crippen molar-refractivity contribution >= 4 is 29.1 Å². The third kappa shape index (κ3) is 4.15. The van der Waals surface area contributed by atoms with Crippen molar-refractivity contribution in [3.05, 3.63) is 118 Å². The van der Waals surface area contributed by atoms with Gasteiger partial charge in [0.15, 0.2) is 5.82 Å². The average molecular weight is 520 g/mol. The Morgan fingerprint density at radius 1 is 0.806 bits per heavy atom. The molecule has 0 fully saturated rings. The summed E-state index contributed by atoms with van der Waals surface area (Å²) in [6.45, 7) is 0. The molecule has 0 bridgehead atoms. The maximum absolute atomic E-state index is 15.5. The van der Waals surface area contributed by atoms with Crippen LogP contribution in [0.25, 0.3) is 39.6 Å². The highest BCUT2D eigenvalue weighted by Crippen LogP contribution is 2.41. The summed E-state index contributed by atoms with van der Waals surface area (Å²) >= 11 is 12.3. The second kappa shape index (κ2) is 9.57. The zero-order valence-electron chi connectivity index (χ0n) is 18.6. The first-order valence-corrected chi connectivity index (χ1v) is 11.6. The van der Waals surface area contributed by atoms with E-state index in [1.165, 1.54) is 24.3 Å². The van der Waals surface area contributed by atoms with Crippen LogP contribution < -0.4 is 5.73 Å². The van der Waals surface area contributed by atoms with Gasteiger partial charge in [-0.3, -0.25) is 9.36 Å². The van der Waals surface area contributed by atoms with Crippen molar-refractivity contribution in [1.82, 2.24) is 9.55 Å². The van der Waals surface area contributed by atoms with E-state index >= 15 is 4.39 Å². The van der Waals surface area contributed by atoms with Crippen LogP contribution in [-0.4, -0.2) is 15.5 Å². The topological polar surface area (TPSA) is 60.9 Å². The molecule has 1 amide bonds. The van der Waals surface area contributed by atoms with E-state index in [0.717, 1.165) is 0 Å². The van der Waals surface area contributed by atoms with Gasteiger partial charge in [-0.2, -0.15) is 0 Å². The monoisotopic (exact) mass is 519 g/mol. The Labute approximate surface area is 215 Å². The number of aromatic nitrogens is 2. The van der Waals surface area contributed by atoms with Crippen LogP contribution in [0.1, 0.15) is 10.4 Å². The highest BCUT2D eigenvalue weighted by molar-refractivity contribution is 6.31. The molecule has 178 valence electrons. The van der Waals surface area contributed by atoms with Crippen LogP contribution in [-0.2, 0) is 0 Å². The number of hydrogen-bond acceptors (Lipinski definition) is 2. The van der Waals surface area contributed by atoms with Gasteiger partial charge in [-0.1, -0.05) is 77.8 Å². The number of rotatable bonds is 5. The number of amides is 1. The third-order valence-electron chi connectivity index (χ3n) is 5.72. The number of hydrogen-bond donors (Lipinski definition) is 1. The molecule has 4 nitrogen and oxygen atoms in total. The van der Waals surface area contributed by atoms with E-state index < -0.39 is 17.5 Å². The zero-order valence-corrected chi connectivity index (χ0v) is 20.1. The lowest BCUT2D eigenvalue weighted by Crippen LogP contribution is -2.12. The van der Waals surface area contributed by atoms with Crippen molar-refractivity contribution in [3.8, 4) is 39.6 Å². The number of nitrogens with two attached hydrogens (primary N) is 1. The minimum Gasteiger partial charge on any atom is -0.366 e.